The number of amides is 1. The van der Waals surface area contributed by atoms with Crippen LogP contribution in [0.1, 0.15) is 25.6 Å². The molecule has 1 aromatic heterocycles. The van der Waals surface area contributed by atoms with Crippen molar-refractivity contribution in [3.63, 3.8) is 0 Å². The van der Waals surface area contributed by atoms with E-state index < -0.39 is 10.0 Å². The average Bonchev–Trinajstić information content (AvgIpc) is 3.17. The Morgan fingerprint density at radius 1 is 1.12 bits per heavy atom. The number of rotatable bonds is 8. The van der Waals surface area contributed by atoms with Crippen LogP contribution in [0.15, 0.2) is 28.3 Å². The SMILES string of the molecule is COc1ccc(OC)c(S(=O)(=O)N2CCN(C(=O)CSc3nnc(C(C)C)n3C)CC2)c1. The van der Waals surface area contributed by atoms with E-state index in [2.05, 4.69) is 10.2 Å². The number of aromatic nitrogens is 3. The number of piperazine rings is 1. The molecule has 0 radical (unpaired) electrons. The van der Waals surface area contributed by atoms with Crippen LogP contribution in [-0.4, -0.2) is 84.4 Å². The summed E-state index contributed by atoms with van der Waals surface area (Å²) in [5.41, 5.74) is 0. The van der Waals surface area contributed by atoms with Gasteiger partial charge in [0.15, 0.2) is 5.16 Å². The molecule has 3 rings (SSSR count). The molecule has 0 unspecified atom stereocenters. The third-order valence-corrected chi connectivity index (χ3v) is 8.21. The zero-order valence-electron chi connectivity index (χ0n) is 18.9. The maximum atomic E-state index is 13.2. The van der Waals surface area contributed by atoms with Crippen LogP contribution < -0.4 is 9.47 Å². The van der Waals surface area contributed by atoms with Crippen molar-refractivity contribution >= 4 is 27.7 Å². The zero-order chi connectivity index (χ0) is 23.5. The van der Waals surface area contributed by atoms with Gasteiger partial charge in [-0.2, -0.15) is 4.31 Å². The van der Waals surface area contributed by atoms with Crippen LogP contribution in [0.25, 0.3) is 0 Å². The molecule has 0 atom stereocenters. The fourth-order valence-electron chi connectivity index (χ4n) is 3.47. The summed E-state index contributed by atoms with van der Waals surface area (Å²) in [7, 11) is 1.00. The number of hydrogen-bond donors (Lipinski definition) is 0. The van der Waals surface area contributed by atoms with Crippen LogP contribution in [0, 0.1) is 0 Å². The minimum atomic E-state index is -3.79. The van der Waals surface area contributed by atoms with E-state index in [9.17, 15) is 13.2 Å². The summed E-state index contributed by atoms with van der Waals surface area (Å²) in [4.78, 5) is 14.4. The molecular formula is C20H29N5O5S2. The second-order valence-electron chi connectivity index (χ2n) is 7.64. The minimum Gasteiger partial charge on any atom is -0.497 e. The Balaban J connectivity index is 1.61. The molecule has 1 fully saturated rings. The topological polar surface area (TPSA) is 107 Å². The molecule has 0 saturated carbocycles. The Labute approximate surface area is 192 Å². The molecule has 2 heterocycles. The molecule has 10 nitrogen and oxygen atoms in total. The number of ether oxygens (including phenoxy) is 2. The first-order chi connectivity index (χ1) is 15.2. The predicted octanol–water partition coefficient (Wildman–Crippen LogP) is 1.58. The quantitative estimate of drug-likeness (QED) is 0.521. The third kappa shape index (κ3) is 5.02. The molecule has 1 aliphatic rings. The number of nitrogens with zero attached hydrogens (tertiary/aromatic N) is 5. The van der Waals surface area contributed by atoms with E-state index in [0.29, 0.717) is 24.0 Å². The number of benzene rings is 1. The lowest BCUT2D eigenvalue weighted by atomic mass is 10.2. The van der Waals surface area contributed by atoms with Gasteiger partial charge in [-0.1, -0.05) is 25.6 Å². The molecule has 0 spiro atoms. The number of thioether (sulfide) groups is 1. The largest absolute Gasteiger partial charge is 0.497 e. The number of methoxy groups -OCH3 is 2. The first-order valence-corrected chi connectivity index (χ1v) is 12.6. The van der Waals surface area contributed by atoms with Crippen LogP contribution in [0.4, 0.5) is 0 Å². The van der Waals surface area contributed by atoms with Gasteiger partial charge in [-0.25, -0.2) is 8.42 Å². The highest BCUT2D eigenvalue weighted by Crippen LogP contribution is 2.31. The average molecular weight is 484 g/mol. The van der Waals surface area contributed by atoms with Crippen molar-refractivity contribution < 1.29 is 22.7 Å². The Morgan fingerprint density at radius 2 is 1.81 bits per heavy atom. The second-order valence-corrected chi connectivity index (χ2v) is 10.5. The molecule has 0 aliphatic carbocycles. The molecule has 0 N–H and O–H groups in total. The standard InChI is InChI=1S/C20H29N5O5S2/c1-14(2)19-21-22-20(23(19)3)31-13-18(26)24-8-10-25(11-9-24)32(27,28)17-12-15(29-4)6-7-16(17)30-5/h6-7,12,14H,8-11,13H2,1-5H3. The van der Waals surface area contributed by atoms with Crippen molar-refractivity contribution in [2.75, 3.05) is 46.2 Å². The van der Waals surface area contributed by atoms with E-state index in [0.717, 1.165) is 5.82 Å². The third-order valence-electron chi connectivity index (χ3n) is 5.29. The van der Waals surface area contributed by atoms with E-state index in [-0.39, 0.29) is 41.3 Å². The van der Waals surface area contributed by atoms with Crippen LogP contribution in [0.2, 0.25) is 0 Å². The van der Waals surface area contributed by atoms with Gasteiger partial charge in [0.05, 0.1) is 20.0 Å². The minimum absolute atomic E-state index is 0.0536. The van der Waals surface area contributed by atoms with Gasteiger partial charge < -0.3 is 18.9 Å². The zero-order valence-corrected chi connectivity index (χ0v) is 20.6. The lowest BCUT2D eigenvalue weighted by Gasteiger charge is -2.34. The Kier molecular flexibility index (Phi) is 7.67. The van der Waals surface area contributed by atoms with E-state index in [1.165, 1.54) is 36.4 Å². The molecule has 1 aromatic carbocycles. The van der Waals surface area contributed by atoms with Crippen LogP contribution >= 0.6 is 11.8 Å². The number of carbonyl (C=O) groups is 1. The Morgan fingerprint density at radius 3 is 2.38 bits per heavy atom. The van der Waals surface area contributed by atoms with E-state index >= 15 is 0 Å². The van der Waals surface area contributed by atoms with Crippen molar-refractivity contribution in [3.05, 3.63) is 24.0 Å². The second kappa shape index (κ2) is 10.1. The first-order valence-electron chi connectivity index (χ1n) is 10.2. The Hall–Kier alpha value is -2.31. The van der Waals surface area contributed by atoms with Crippen molar-refractivity contribution in [2.24, 2.45) is 7.05 Å². The van der Waals surface area contributed by atoms with Crippen molar-refractivity contribution in [2.45, 2.75) is 29.8 Å². The molecule has 12 heteroatoms. The van der Waals surface area contributed by atoms with Gasteiger partial charge in [0.1, 0.15) is 22.2 Å². The van der Waals surface area contributed by atoms with Gasteiger partial charge in [-0.3, -0.25) is 4.79 Å². The maximum Gasteiger partial charge on any atom is 0.247 e. The lowest BCUT2D eigenvalue weighted by molar-refractivity contribution is -0.129. The van der Waals surface area contributed by atoms with Crippen molar-refractivity contribution in [1.29, 1.82) is 0 Å². The molecule has 0 bridgehead atoms. The Bertz CT molecular complexity index is 1060. The van der Waals surface area contributed by atoms with Crippen LogP contribution in [-0.2, 0) is 21.9 Å². The number of carbonyl (C=O) groups excluding carboxylic acids is 1. The summed E-state index contributed by atoms with van der Waals surface area (Å²) >= 11 is 1.34. The smallest absolute Gasteiger partial charge is 0.247 e. The highest BCUT2D eigenvalue weighted by atomic mass is 32.2. The highest BCUT2D eigenvalue weighted by molar-refractivity contribution is 7.99. The van der Waals surface area contributed by atoms with Gasteiger partial charge in [-0.05, 0) is 12.1 Å². The molecule has 32 heavy (non-hydrogen) atoms. The maximum absolute atomic E-state index is 13.2. The first kappa shape index (κ1) is 24.3. The summed E-state index contributed by atoms with van der Waals surface area (Å²) in [6.07, 6.45) is 0. The van der Waals surface area contributed by atoms with Gasteiger partial charge in [0.2, 0.25) is 15.9 Å². The van der Waals surface area contributed by atoms with Gasteiger partial charge in [0, 0.05) is 45.2 Å². The molecule has 2 aromatic rings. The molecule has 1 aliphatic heterocycles. The summed E-state index contributed by atoms with van der Waals surface area (Å²) in [6, 6.07) is 4.67. The molecular weight excluding hydrogens is 454 g/mol. The summed E-state index contributed by atoms with van der Waals surface area (Å²) in [5, 5.41) is 9.02. The molecule has 176 valence electrons. The predicted molar refractivity (Wildman–Crippen MR) is 121 cm³/mol. The van der Waals surface area contributed by atoms with E-state index in [1.807, 2.05) is 25.5 Å². The molecule has 1 amide bonds. The van der Waals surface area contributed by atoms with Crippen molar-refractivity contribution in [1.82, 2.24) is 24.0 Å². The van der Waals surface area contributed by atoms with Gasteiger partial charge >= 0.3 is 0 Å². The monoisotopic (exact) mass is 483 g/mol. The van der Waals surface area contributed by atoms with Gasteiger partial charge in [0.25, 0.3) is 0 Å². The fraction of sp³-hybridized carbons (Fsp3) is 0.550. The fourth-order valence-corrected chi connectivity index (χ4v) is 5.89. The van der Waals surface area contributed by atoms with E-state index in [4.69, 9.17) is 9.47 Å². The normalized spacial score (nSPS) is 15.2. The number of sulfonamides is 1. The van der Waals surface area contributed by atoms with E-state index in [1.54, 1.807) is 17.0 Å². The summed E-state index contributed by atoms with van der Waals surface area (Å²) < 4.78 is 40.0. The molecule has 1 saturated heterocycles. The van der Waals surface area contributed by atoms with Gasteiger partial charge in [-0.15, -0.1) is 10.2 Å². The summed E-state index contributed by atoms with van der Waals surface area (Å²) in [6.45, 7) is 5.14. The highest BCUT2D eigenvalue weighted by Gasteiger charge is 2.32. The van der Waals surface area contributed by atoms with Crippen molar-refractivity contribution in [3.8, 4) is 11.5 Å². The van der Waals surface area contributed by atoms with Crippen LogP contribution in [0.5, 0.6) is 11.5 Å². The summed E-state index contributed by atoms with van der Waals surface area (Å²) in [5.74, 6) is 1.97. The lowest BCUT2D eigenvalue weighted by Crippen LogP contribution is -2.51. The number of hydrogen-bond acceptors (Lipinski definition) is 8. The van der Waals surface area contributed by atoms with Crippen LogP contribution in [0.3, 0.4) is 0 Å².